The molecule has 0 aromatic rings. The van der Waals surface area contributed by atoms with Crippen molar-refractivity contribution in [2.45, 2.75) is 6.42 Å². The van der Waals surface area contributed by atoms with Gasteiger partial charge >= 0.3 is 6.03 Å². The zero-order valence-corrected chi connectivity index (χ0v) is 6.09. The Labute approximate surface area is 64.3 Å². The maximum Gasteiger partial charge on any atom is 0.318 e. The van der Waals surface area contributed by atoms with E-state index in [0.717, 1.165) is 13.1 Å². The summed E-state index contributed by atoms with van der Waals surface area (Å²) in [7, 11) is 0. The van der Waals surface area contributed by atoms with Crippen LogP contribution >= 0.6 is 0 Å². The van der Waals surface area contributed by atoms with E-state index in [2.05, 4.69) is 5.32 Å². The Hall–Kier alpha value is -1.10. The lowest BCUT2D eigenvalue weighted by Gasteiger charge is -2.25. The molecule has 0 aromatic heterocycles. The number of carbonyl (C=O) groups excluding carboxylic acids is 2. The predicted octanol–water partition coefficient (Wildman–Crippen LogP) is -1.21. The molecule has 0 spiro atoms. The summed E-state index contributed by atoms with van der Waals surface area (Å²) >= 11 is 0. The van der Waals surface area contributed by atoms with Crippen LogP contribution < -0.4 is 16.4 Å². The van der Waals surface area contributed by atoms with Gasteiger partial charge in [0, 0.05) is 6.42 Å². The molecular weight excluding hydrogens is 146 g/mol. The highest BCUT2D eigenvalue weighted by Crippen LogP contribution is 2.06. The summed E-state index contributed by atoms with van der Waals surface area (Å²) in [6.45, 7) is 1.71. The minimum absolute atomic E-state index is 0.288. The molecule has 1 heterocycles. The number of rotatable bonds is 2. The first-order valence-corrected chi connectivity index (χ1v) is 3.48. The minimum atomic E-state index is -0.776. The third-order valence-electron chi connectivity index (χ3n) is 1.60. The molecule has 0 radical (unpaired) electrons. The molecule has 1 rings (SSSR count). The van der Waals surface area contributed by atoms with Gasteiger partial charge in [-0.25, -0.2) is 4.79 Å². The van der Waals surface area contributed by atoms with Crippen LogP contribution in [0.15, 0.2) is 0 Å². The fourth-order valence-electron chi connectivity index (χ4n) is 0.943. The van der Waals surface area contributed by atoms with Crippen molar-refractivity contribution in [1.29, 1.82) is 0 Å². The van der Waals surface area contributed by atoms with E-state index in [1.807, 2.05) is 5.32 Å². The number of nitrogens with two attached hydrogens (primary N) is 1. The quantitative estimate of drug-likeness (QED) is 0.470. The molecule has 5 heteroatoms. The molecule has 1 aliphatic heterocycles. The van der Waals surface area contributed by atoms with Crippen LogP contribution in [0.1, 0.15) is 6.42 Å². The number of imide groups is 1. The summed E-state index contributed by atoms with van der Waals surface area (Å²) in [5, 5.41) is 5.04. The van der Waals surface area contributed by atoms with Crippen molar-refractivity contribution in [2.24, 2.45) is 11.7 Å². The lowest BCUT2D eigenvalue weighted by molar-refractivity contribution is -0.121. The van der Waals surface area contributed by atoms with Gasteiger partial charge in [0.25, 0.3) is 0 Å². The van der Waals surface area contributed by atoms with E-state index in [-0.39, 0.29) is 5.91 Å². The van der Waals surface area contributed by atoms with Crippen LogP contribution in [0.5, 0.6) is 0 Å². The zero-order valence-electron chi connectivity index (χ0n) is 6.09. The number of nitrogens with one attached hydrogen (secondary N) is 2. The lowest BCUT2D eigenvalue weighted by Crippen LogP contribution is -2.45. The van der Waals surface area contributed by atoms with Gasteiger partial charge in [-0.1, -0.05) is 0 Å². The third-order valence-corrected chi connectivity index (χ3v) is 1.60. The fourth-order valence-corrected chi connectivity index (χ4v) is 0.943. The summed E-state index contributed by atoms with van der Waals surface area (Å²) < 4.78 is 0. The van der Waals surface area contributed by atoms with Crippen molar-refractivity contribution < 1.29 is 9.59 Å². The molecular formula is C6H11N3O2. The standard InChI is InChI=1S/C6H11N3O2/c7-6(11)9-5(10)1-4-2-8-3-4/h4,8H,1-3H2,(H3,7,9,10,11). The summed E-state index contributed by atoms with van der Waals surface area (Å²) in [5.41, 5.74) is 4.74. The van der Waals surface area contributed by atoms with Gasteiger partial charge < -0.3 is 11.1 Å². The van der Waals surface area contributed by atoms with Crippen LogP contribution in [0.2, 0.25) is 0 Å². The van der Waals surface area contributed by atoms with Gasteiger partial charge in [-0.05, 0) is 19.0 Å². The molecule has 0 bridgehead atoms. The predicted molar refractivity (Wildman–Crippen MR) is 38.7 cm³/mol. The van der Waals surface area contributed by atoms with Crippen molar-refractivity contribution >= 4 is 11.9 Å². The Kier molecular flexibility index (Phi) is 2.43. The molecule has 0 saturated carbocycles. The first-order valence-electron chi connectivity index (χ1n) is 3.48. The molecule has 5 nitrogen and oxygen atoms in total. The molecule has 0 unspecified atom stereocenters. The second kappa shape index (κ2) is 3.34. The number of hydrogen-bond acceptors (Lipinski definition) is 3. The zero-order chi connectivity index (χ0) is 8.27. The Bertz CT molecular complexity index is 177. The van der Waals surface area contributed by atoms with E-state index in [4.69, 9.17) is 5.73 Å². The van der Waals surface area contributed by atoms with Gasteiger partial charge in [0.15, 0.2) is 0 Å². The van der Waals surface area contributed by atoms with Gasteiger partial charge in [-0.3, -0.25) is 10.1 Å². The molecule has 11 heavy (non-hydrogen) atoms. The number of urea groups is 1. The van der Waals surface area contributed by atoms with Crippen molar-refractivity contribution in [3.63, 3.8) is 0 Å². The molecule has 0 aromatic carbocycles. The molecule has 4 N–H and O–H groups in total. The normalized spacial score (nSPS) is 17.1. The van der Waals surface area contributed by atoms with Gasteiger partial charge in [-0.15, -0.1) is 0 Å². The van der Waals surface area contributed by atoms with Crippen LogP contribution in [0.4, 0.5) is 4.79 Å². The molecule has 1 aliphatic rings. The monoisotopic (exact) mass is 157 g/mol. The third kappa shape index (κ3) is 2.55. The van der Waals surface area contributed by atoms with E-state index >= 15 is 0 Å². The van der Waals surface area contributed by atoms with Crippen molar-refractivity contribution in [1.82, 2.24) is 10.6 Å². The average molecular weight is 157 g/mol. The highest BCUT2D eigenvalue weighted by molar-refractivity contribution is 5.93. The number of primary amides is 1. The highest BCUT2D eigenvalue weighted by Gasteiger charge is 2.20. The van der Waals surface area contributed by atoms with Crippen LogP contribution in [0.25, 0.3) is 0 Å². The van der Waals surface area contributed by atoms with Gasteiger partial charge in [0.1, 0.15) is 0 Å². The van der Waals surface area contributed by atoms with Gasteiger partial charge in [0.2, 0.25) is 5.91 Å². The largest absolute Gasteiger partial charge is 0.351 e. The molecule has 0 aliphatic carbocycles. The van der Waals surface area contributed by atoms with Gasteiger partial charge in [-0.2, -0.15) is 0 Å². The van der Waals surface area contributed by atoms with Crippen molar-refractivity contribution in [2.75, 3.05) is 13.1 Å². The Morgan fingerprint density at radius 2 is 2.18 bits per heavy atom. The highest BCUT2D eigenvalue weighted by atomic mass is 16.2. The summed E-state index contributed by atoms with van der Waals surface area (Å²) in [6, 6.07) is -0.776. The van der Waals surface area contributed by atoms with E-state index < -0.39 is 6.03 Å². The van der Waals surface area contributed by atoms with E-state index in [1.165, 1.54) is 0 Å². The van der Waals surface area contributed by atoms with Crippen molar-refractivity contribution in [3.8, 4) is 0 Å². The van der Waals surface area contributed by atoms with Crippen molar-refractivity contribution in [3.05, 3.63) is 0 Å². The Morgan fingerprint density at radius 3 is 2.55 bits per heavy atom. The number of hydrogen-bond donors (Lipinski definition) is 3. The van der Waals surface area contributed by atoms with E-state index in [0.29, 0.717) is 12.3 Å². The molecule has 3 amide bonds. The smallest absolute Gasteiger partial charge is 0.318 e. The fraction of sp³-hybridized carbons (Fsp3) is 0.667. The summed E-state index contributed by atoms with van der Waals surface area (Å²) in [6.07, 6.45) is 0.385. The Balaban J connectivity index is 2.14. The lowest BCUT2D eigenvalue weighted by atomic mass is 9.99. The Morgan fingerprint density at radius 1 is 1.55 bits per heavy atom. The average Bonchev–Trinajstić information content (AvgIpc) is 1.77. The van der Waals surface area contributed by atoms with Crippen LogP contribution in [0, 0.1) is 5.92 Å². The first-order chi connectivity index (χ1) is 5.18. The number of amides is 3. The van der Waals surface area contributed by atoms with E-state index in [1.54, 1.807) is 0 Å². The number of carbonyl (C=O) groups is 2. The SMILES string of the molecule is NC(=O)NC(=O)CC1CNC1. The summed E-state index contributed by atoms with van der Waals surface area (Å²) in [5.74, 6) is 0.0818. The second-order valence-corrected chi connectivity index (χ2v) is 2.64. The maximum atomic E-state index is 10.8. The molecule has 62 valence electrons. The molecule has 1 fully saturated rings. The molecule has 0 atom stereocenters. The maximum absolute atomic E-state index is 10.8. The van der Waals surface area contributed by atoms with Crippen LogP contribution in [0.3, 0.4) is 0 Å². The summed E-state index contributed by atoms with van der Waals surface area (Å²) in [4.78, 5) is 21.0. The second-order valence-electron chi connectivity index (χ2n) is 2.64. The molecule has 1 saturated heterocycles. The van der Waals surface area contributed by atoms with Crippen LogP contribution in [-0.2, 0) is 4.79 Å². The van der Waals surface area contributed by atoms with Gasteiger partial charge in [0.05, 0.1) is 0 Å². The topological polar surface area (TPSA) is 84.2 Å². The van der Waals surface area contributed by atoms with Crippen LogP contribution in [-0.4, -0.2) is 25.0 Å². The minimum Gasteiger partial charge on any atom is -0.351 e. The first kappa shape index (κ1) is 8.00. The van der Waals surface area contributed by atoms with E-state index in [9.17, 15) is 9.59 Å².